The Labute approximate surface area is 135 Å². The minimum absolute atomic E-state index is 0.556. The number of hydrogen-bond donors (Lipinski definition) is 0. The Morgan fingerprint density at radius 1 is 0.636 bits per heavy atom. The van der Waals surface area contributed by atoms with Gasteiger partial charge in [-0.2, -0.15) is 0 Å². The van der Waals surface area contributed by atoms with Crippen LogP contribution in [0.1, 0.15) is 5.56 Å². The fourth-order valence-electron chi connectivity index (χ4n) is 2.99. The molecule has 0 saturated heterocycles. The van der Waals surface area contributed by atoms with Crippen molar-refractivity contribution in [3.05, 3.63) is 84.4 Å². The Kier molecular flexibility index (Phi) is 3.32. The van der Waals surface area contributed by atoms with Crippen LogP contribution < -0.4 is 0 Å². The first-order valence-electron chi connectivity index (χ1n) is 7.42. The summed E-state index contributed by atoms with van der Waals surface area (Å²) in [7, 11) is 0. The van der Waals surface area contributed by atoms with Gasteiger partial charge in [-0.15, -0.1) is 11.6 Å². The largest absolute Gasteiger partial charge is 0.122 e. The van der Waals surface area contributed by atoms with Crippen molar-refractivity contribution in [3.8, 4) is 11.1 Å². The van der Waals surface area contributed by atoms with E-state index in [1.54, 1.807) is 0 Å². The smallest absolute Gasteiger partial charge is 0.0474 e. The van der Waals surface area contributed by atoms with Crippen LogP contribution in [0, 0.1) is 0 Å². The third-order valence-electron chi connectivity index (χ3n) is 4.17. The average molecular weight is 303 g/mol. The maximum absolute atomic E-state index is 5.89. The first-order valence-corrected chi connectivity index (χ1v) is 7.95. The molecular formula is C21H15Cl. The molecule has 22 heavy (non-hydrogen) atoms. The first-order chi connectivity index (χ1) is 10.8. The molecule has 0 aliphatic rings. The van der Waals surface area contributed by atoms with Crippen LogP contribution in [0.25, 0.3) is 32.7 Å². The molecule has 0 amide bonds. The molecule has 0 heterocycles. The molecule has 0 aromatic heterocycles. The summed E-state index contributed by atoms with van der Waals surface area (Å²) in [5.74, 6) is 0.556. The zero-order valence-electron chi connectivity index (χ0n) is 12.1. The highest BCUT2D eigenvalue weighted by atomic mass is 35.5. The molecule has 0 bridgehead atoms. The van der Waals surface area contributed by atoms with Crippen molar-refractivity contribution in [1.29, 1.82) is 0 Å². The van der Waals surface area contributed by atoms with Gasteiger partial charge in [0.1, 0.15) is 0 Å². The number of fused-ring (bicyclic) bond motifs is 2. The fraction of sp³-hybridized carbons (Fsp3) is 0.0476. The number of hydrogen-bond acceptors (Lipinski definition) is 0. The molecule has 0 atom stereocenters. The Hall–Kier alpha value is -2.31. The van der Waals surface area contributed by atoms with E-state index in [4.69, 9.17) is 11.6 Å². The zero-order valence-corrected chi connectivity index (χ0v) is 12.8. The van der Waals surface area contributed by atoms with Crippen molar-refractivity contribution in [2.24, 2.45) is 0 Å². The van der Waals surface area contributed by atoms with Gasteiger partial charge in [-0.3, -0.25) is 0 Å². The van der Waals surface area contributed by atoms with Crippen LogP contribution >= 0.6 is 11.6 Å². The lowest BCUT2D eigenvalue weighted by Crippen LogP contribution is -1.84. The summed E-state index contributed by atoms with van der Waals surface area (Å²) in [5, 5.41) is 5.13. The molecule has 4 aromatic rings. The number of benzene rings is 4. The van der Waals surface area contributed by atoms with E-state index in [9.17, 15) is 0 Å². The monoisotopic (exact) mass is 302 g/mol. The zero-order chi connectivity index (χ0) is 14.9. The molecule has 4 aromatic carbocycles. The van der Waals surface area contributed by atoms with Crippen LogP contribution in [0.15, 0.2) is 78.9 Å². The van der Waals surface area contributed by atoms with Crippen LogP contribution in [0.4, 0.5) is 0 Å². The minimum Gasteiger partial charge on any atom is -0.122 e. The fourth-order valence-corrected chi connectivity index (χ4v) is 3.17. The summed E-state index contributed by atoms with van der Waals surface area (Å²) in [4.78, 5) is 0. The van der Waals surface area contributed by atoms with Gasteiger partial charge in [0.25, 0.3) is 0 Å². The summed E-state index contributed by atoms with van der Waals surface area (Å²) in [6.45, 7) is 0. The topological polar surface area (TPSA) is 0 Å². The van der Waals surface area contributed by atoms with Crippen molar-refractivity contribution < 1.29 is 0 Å². The van der Waals surface area contributed by atoms with E-state index in [2.05, 4.69) is 78.9 Å². The van der Waals surface area contributed by atoms with Gasteiger partial charge in [-0.1, -0.05) is 66.7 Å². The summed E-state index contributed by atoms with van der Waals surface area (Å²) in [6, 6.07) is 28.1. The van der Waals surface area contributed by atoms with Crippen LogP contribution in [-0.2, 0) is 5.88 Å². The molecule has 0 spiro atoms. The summed E-state index contributed by atoms with van der Waals surface area (Å²) < 4.78 is 0. The molecule has 0 fully saturated rings. The van der Waals surface area contributed by atoms with E-state index in [0.717, 1.165) is 5.56 Å². The molecular weight excluding hydrogens is 288 g/mol. The summed E-state index contributed by atoms with van der Waals surface area (Å²) >= 11 is 5.89. The minimum atomic E-state index is 0.556. The van der Waals surface area contributed by atoms with Crippen LogP contribution in [0.2, 0.25) is 0 Å². The van der Waals surface area contributed by atoms with Crippen molar-refractivity contribution in [2.75, 3.05) is 0 Å². The average Bonchev–Trinajstić information content (AvgIpc) is 2.59. The van der Waals surface area contributed by atoms with Gasteiger partial charge < -0.3 is 0 Å². The Balaban J connectivity index is 1.98. The van der Waals surface area contributed by atoms with Gasteiger partial charge in [0.05, 0.1) is 0 Å². The van der Waals surface area contributed by atoms with Crippen LogP contribution in [0.5, 0.6) is 0 Å². The van der Waals surface area contributed by atoms with Crippen molar-refractivity contribution in [3.63, 3.8) is 0 Å². The van der Waals surface area contributed by atoms with E-state index < -0.39 is 0 Å². The molecule has 0 N–H and O–H groups in total. The third-order valence-corrected chi connectivity index (χ3v) is 4.47. The second kappa shape index (κ2) is 5.47. The molecule has 0 radical (unpaired) electrons. The van der Waals surface area contributed by atoms with E-state index in [0.29, 0.717) is 5.88 Å². The summed E-state index contributed by atoms with van der Waals surface area (Å²) in [6.07, 6.45) is 0. The van der Waals surface area contributed by atoms with Crippen molar-refractivity contribution in [2.45, 2.75) is 5.88 Å². The molecule has 106 valence electrons. The van der Waals surface area contributed by atoms with E-state index >= 15 is 0 Å². The second-order valence-electron chi connectivity index (χ2n) is 5.56. The Bertz CT molecular complexity index is 952. The van der Waals surface area contributed by atoms with Crippen molar-refractivity contribution in [1.82, 2.24) is 0 Å². The van der Waals surface area contributed by atoms with Crippen molar-refractivity contribution >= 4 is 33.1 Å². The highest BCUT2D eigenvalue weighted by Gasteiger charge is 2.05. The molecule has 0 nitrogen and oxygen atoms in total. The SMILES string of the molecule is ClCc1ccc(-c2cccc3cc4ccccc4cc23)cc1. The number of rotatable bonds is 2. The van der Waals surface area contributed by atoms with Gasteiger partial charge in [0, 0.05) is 5.88 Å². The van der Waals surface area contributed by atoms with Crippen LogP contribution in [0.3, 0.4) is 0 Å². The Morgan fingerprint density at radius 3 is 2.05 bits per heavy atom. The summed E-state index contributed by atoms with van der Waals surface area (Å²) in [5.41, 5.74) is 3.65. The second-order valence-corrected chi connectivity index (χ2v) is 5.82. The molecule has 4 rings (SSSR count). The number of halogens is 1. The molecule has 1 heteroatoms. The standard InChI is InChI=1S/C21H15Cl/c22-14-15-8-10-16(11-9-15)20-7-3-6-19-12-17-4-1-2-5-18(17)13-21(19)20/h1-13H,14H2. The maximum Gasteiger partial charge on any atom is 0.0474 e. The third kappa shape index (κ3) is 2.26. The maximum atomic E-state index is 5.89. The van der Waals surface area contributed by atoms with E-state index in [1.165, 1.54) is 32.7 Å². The van der Waals surface area contributed by atoms with Gasteiger partial charge in [-0.25, -0.2) is 0 Å². The predicted octanol–water partition coefficient (Wildman–Crippen LogP) is 6.40. The van der Waals surface area contributed by atoms with Gasteiger partial charge >= 0.3 is 0 Å². The van der Waals surface area contributed by atoms with Crippen LogP contribution in [-0.4, -0.2) is 0 Å². The lowest BCUT2D eigenvalue weighted by Gasteiger charge is -2.09. The van der Waals surface area contributed by atoms with Gasteiger partial charge in [-0.05, 0) is 50.4 Å². The van der Waals surface area contributed by atoms with Gasteiger partial charge in [0.2, 0.25) is 0 Å². The highest BCUT2D eigenvalue weighted by molar-refractivity contribution is 6.17. The quantitative estimate of drug-likeness (QED) is 0.297. The molecule has 0 aliphatic carbocycles. The normalized spacial score (nSPS) is 11.1. The van der Waals surface area contributed by atoms with Gasteiger partial charge in [0.15, 0.2) is 0 Å². The van der Waals surface area contributed by atoms with E-state index in [-0.39, 0.29) is 0 Å². The Morgan fingerprint density at radius 2 is 1.32 bits per heavy atom. The molecule has 0 saturated carbocycles. The number of alkyl halides is 1. The predicted molar refractivity (Wildman–Crippen MR) is 96.4 cm³/mol. The lowest BCUT2D eigenvalue weighted by atomic mass is 9.95. The van der Waals surface area contributed by atoms with E-state index in [1.807, 2.05) is 0 Å². The lowest BCUT2D eigenvalue weighted by molar-refractivity contribution is 1.40. The molecule has 0 aliphatic heterocycles. The first kappa shape index (κ1) is 13.4. The molecule has 0 unspecified atom stereocenters. The highest BCUT2D eigenvalue weighted by Crippen LogP contribution is 2.32.